The average molecular weight is 468 g/mol. The second-order valence-electron chi connectivity index (χ2n) is 8.43. The highest BCUT2D eigenvalue weighted by Gasteiger charge is 2.20. The fourth-order valence-electron chi connectivity index (χ4n) is 4.45. The maximum atomic E-state index is 12.4. The van der Waals surface area contributed by atoms with Gasteiger partial charge in [0.05, 0.1) is 23.8 Å². The van der Waals surface area contributed by atoms with E-state index in [4.69, 9.17) is 8.83 Å². The third-order valence-electron chi connectivity index (χ3n) is 6.31. The van der Waals surface area contributed by atoms with Crippen LogP contribution in [0.4, 0.5) is 0 Å². The molecule has 35 heavy (non-hydrogen) atoms. The lowest BCUT2D eigenvalue weighted by molar-refractivity contribution is -0.136. The summed E-state index contributed by atoms with van der Waals surface area (Å²) in [5.41, 5.74) is 5.28. The number of aliphatic carboxylic acids is 1. The third kappa shape index (κ3) is 3.77. The van der Waals surface area contributed by atoms with Gasteiger partial charge in [-0.05, 0) is 54.3 Å². The number of furan rings is 1. The molecule has 7 heteroatoms. The van der Waals surface area contributed by atoms with Gasteiger partial charge in [0.15, 0.2) is 0 Å². The van der Waals surface area contributed by atoms with Gasteiger partial charge >= 0.3 is 17.6 Å². The monoisotopic (exact) mass is 468 g/mol. The first kappa shape index (κ1) is 22.2. The summed E-state index contributed by atoms with van der Waals surface area (Å²) in [4.78, 5) is 35.0. The molecule has 2 aromatic heterocycles. The van der Waals surface area contributed by atoms with Gasteiger partial charge in [-0.25, -0.2) is 9.59 Å². The van der Waals surface area contributed by atoms with Crippen LogP contribution in [-0.4, -0.2) is 22.2 Å². The second-order valence-corrected chi connectivity index (χ2v) is 8.43. The largest absolute Gasteiger partial charge is 0.481 e. The number of carboxylic acids is 2. The Morgan fingerprint density at radius 1 is 0.829 bits per heavy atom. The van der Waals surface area contributed by atoms with Gasteiger partial charge in [0, 0.05) is 21.9 Å². The Kier molecular flexibility index (Phi) is 5.25. The third-order valence-corrected chi connectivity index (χ3v) is 6.31. The van der Waals surface area contributed by atoms with E-state index in [0.717, 1.165) is 27.6 Å². The lowest BCUT2D eigenvalue weighted by atomic mass is 9.96. The minimum atomic E-state index is -1.10. The number of aryl methyl sites for hydroxylation is 2. The Morgan fingerprint density at radius 3 is 2.23 bits per heavy atom. The molecule has 3 aromatic carbocycles. The summed E-state index contributed by atoms with van der Waals surface area (Å²) in [7, 11) is 0. The first-order valence-electron chi connectivity index (χ1n) is 10.9. The fourth-order valence-corrected chi connectivity index (χ4v) is 4.45. The average Bonchev–Trinajstić information content (AvgIpc) is 3.27. The molecule has 174 valence electrons. The van der Waals surface area contributed by atoms with Crippen LogP contribution in [0.2, 0.25) is 0 Å². The summed E-state index contributed by atoms with van der Waals surface area (Å²) in [6.45, 7) is 3.53. The number of carboxylic acid groups (broad SMARTS) is 2. The molecule has 0 fully saturated rings. The van der Waals surface area contributed by atoms with Crippen LogP contribution in [0.3, 0.4) is 0 Å². The topological polar surface area (TPSA) is 118 Å². The SMILES string of the molecule is Cc1c(CC(=O)O)c(=O)oc2c(C)c3occ(-c4ccc(-c5cccc(C(=O)O)c5)cc4)c3cc12. The smallest absolute Gasteiger partial charge is 0.340 e. The molecular formula is C28H20O7. The molecule has 0 atom stereocenters. The lowest BCUT2D eigenvalue weighted by Crippen LogP contribution is -2.15. The highest BCUT2D eigenvalue weighted by Crippen LogP contribution is 2.38. The molecule has 2 heterocycles. The molecule has 0 saturated heterocycles. The van der Waals surface area contributed by atoms with Gasteiger partial charge in [-0.3, -0.25) is 4.79 Å². The van der Waals surface area contributed by atoms with Crippen LogP contribution in [-0.2, 0) is 11.2 Å². The van der Waals surface area contributed by atoms with Gasteiger partial charge in [-0.2, -0.15) is 0 Å². The maximum absolute atomic E-state index is 12.4. The van der Waals surface area contributed by atoms with E-state index in [2.05, 4.69) is 0 Å². The zero-order valence-electron chi connectivity index (χ0n) is 18.9. The highest BCUT2D eigenvalue weighted by molar-refractivity contribution is 6.05. The van der Waals surface area contributed by atoms with Gasteiger partial charge < -0.3 is 19.0 Å². The van der Waals surface area contributed by atoms with E-state index >= 15 is 0 Å². The van der Waals surface area contributed by atoms with Gasteiger partial charge in [-0.15, -0.1) is 0 Å². The molecule has 0 aliphatic heterocycles. The summed E-state index contributed by atoms with van der Waals surface area (Å²) in [6.07, 6.45) is 1.23. The van der Waals surface area contributed by atoms with E-state index in [0.29, 0.717) is 27.7 Å². The molecule has 2 N–H and O–H groups in total. The van der Waals surface area contributed by atoms with Crippen molar-refractivity contribution in [1.29, 1.82) is 0 Å². The molecule has 0 amide bonds. The van der Waals surface area contributed by atoms with E-state index in [-0.39, 0.29) is 11.1 Å². The molecule has 0 aliphatic rings. The van der Waals surface area contributed by atoms with Crippen molar-refractivity contribution < 1.29 is 28.6 Å². The first-order chi connectivity index (χ1) is 16.7. The summed E-state index contributed by atoms with van der Waals surface area (Å²) >= 11 is 0. The highest BCUT2D eigenvalue weighted by atomic mass is 16.4. The number of hydrogen-bond donors (Lipinski definition) is 2. The first-order valence-corrected chi connectivity index (χ1v) is 10.9. The normalized spacial score (nSPS) is 11.3. The van der Waals surface area contributed by atoms with Crippen molar-refractivity contribution in [3.63, 3.8) is 0 Å². The summed E-state index contributed by atoms with van der Waals surface area (Å²) in [6, 6.07) is 16.3. The summed E-state index contributed by atoms with van der Waals surface area (Å²) in [5.74, 6) is -2.08. The van der Waals surface area contributed by atoms with Crippen LogP contribution in [0.25, 0.3) is 44.2 Å². The molecule has 5 rings (SSSR count). The lowest BCUT2D eigenvalue weighted by Gasteiger charge is -2.09. The molecule has 5 aromatic rings. The van der Waals surface area contributed by atoms with E-state index in [9.17, 15) is 24.6 Å². The minimum Gasteiger partial charge on any atom is -0.481 e. The number of rotatable bonds is 5. The zero-order chi connectivity index (χ0) is 24.9. The van der Waals surface area contributed by atoms with Crippen molar-refractivity contribution in [2.24, 2.45) is 0 Å². The molecule has 7 nitrogen and oxygen atoms in total. The van der Waals surface area contributed by atoms with Gasteiger partial charge in [0.2, 0.25) is 0 Å². The molecule has 0 radical (unpaired) electrons. The summed E-state index contributed by atoms with van der Waals surface area (Å²) in [5, 5.41) is 19.9. The zero-order valence-corrected chi connectivity index (χ0v) is 18.9. The number of fused-ring (bicyclic) bond motifs is 2. The Bertz CT molecular complexity index is 1700. The van der Waals surface area contributed by atoms with Crippen molar-refractivity contribution in [3.05, 3.63) is 93.5 Å². The fraction of sp³-hybridized carbons (Fsp3) is 0.107. The van der Waals surface area contributed by atoms with Gasteiger partial charge in [0.25, 0.3) is 0 Å². The second kappa shape index (κ2) is 8.29. The van der Waals surface area contributed by atoms with Crippen molar-refractivity contribution >= 4 is 33.9 Å². The van der Waals surface area contributed by atoms with Gasteiger partial charge in [-0.1, -0.05) is 36.4 Å². The minimum absolute atomic E-state index is 0.127. The molecular weight excluding hydrogens is 448 g/mol. The van der Waals surface area contributed by atoms with E-state index in [1.54, 1.807) is 38.3 Å². The predicted molar refractivity (Wildman–Crippen MR) is 131 cm³/mol. The van der Waals surface area contributed by atoms with Crippen molar-refractivity contribution in [1.82, 2.24) is 0 Å². The molecule has 0 bridgehead atoms. The van der Waals surface area contributed by atoms with E-state index < -0.39 is 24.0 Å². The van der Waals surface area contributed by atoms with Gasteiger partial charge in [0.1, 0.15) is 11.2 Å². The molecule has 0 saturated carbocycles. The van der Waals surface area contributed by atoms with E-state index in [1.165, 1.54) is 0 Å². The molecule has 0 aliphatic carbocycles. The number of carbonyl (C=O) groups is 2. The Morgan fingerprint density at radius 2 is 1.54 bits per heavy atom. The van der Waals surface area contributed by atoms with Crippen LogP contribution in [0.5, 0.6) is 0 Å². The molecule has 0 unspecified atom stereocenters. The Balaban J connectivity index is 1.63. The van der Waals surface area contributed by atoms with Crippen molar-refractivity contribution in [2.45, 2.75) is 20.3 Å². The van der Waals surface area contributed by atoms with Crippen LogP contribution in [0.15, 0.2) is 74.5 Å². The van der Waals surface area contributed by atoms with Crippen LogP contribution in [0, 0.1) is 13.8 Å². The standard InChI is InChI=1S/C28H20O7/c1-14-20-11-22-23(13-34-25(22)15(2)26(20)35-28(33)21(14)12-24(29)30)17-8-6-16(7-9-17)18-4-3-5-19(10-18)27(31)32/h3-11,13H,12H2,1-2H3,(H,29,30)(H,31,32). The predicted octanol–water partition coefficient (Wildman–Crippen LogP) is 5.82. The Hall–Kier alpha value is -4.65. The quantitative estimate of drug-likeness (QED) is 0.312. The van der Waals surface area contributed by atoms with Crippen LogP contribution >= 0.6 is 0 Å². The number of hydrogen-bond acceptors (Lipinski definition) is 5. The van der Waals surface area contributed by atoms with E-state index in [1.807, 2.05) is 36.4 Å². The number of benzene rings is 3. The summed E-state index contributed by atoms with van der Waals surface area (Å²) < 4.78 is 11.4. The van der Waals surface area contributed by atoms with Crippen molar-refractivity contribution in [2.75, 3.05) is 0 Å². The van der Waals surface area contributed by atoms with Crippen LogP contribution < -0.4 is 5.63 Å². The maximum Gasteiger partial charge on any atom is 0.340 e. The molecule has 0 spiro atoms. The Labute approximate surface area is 198 Å². The van der Waals surface area contributed by atoms with Crippen LogP contribution in [0.1, 0.15) is 27.0 Å². The van der Waals surface area contributed by atoms with Crippen molar-refractivity contribution in [3.8, 4) is 22.3 Å². The number of aromatic carboxylic acids is 1.